The Hall–Kier alpha value is -1.07. The summed E-state index contributed by atoms with van der Waals surface area (Å²) < 4.78 is 0.530. The van der Waals surface area contributed by atoms with E-state index >= 15 is 0 Å². The standard InChI is InChI=1S/C10H12BrNO3/c11-10-6(2-1-3-8(10)13)7(12)4-5-9(14)15/h1-3,7,13H,4-5,12H2,(H,14,15). The van der Waals surface area contributed by atoms with Crippen LogP contribution in [-0.4, -0.2) is 16.2 Å². The second kappa shape index (κ2) is 5.14. The summed E-state index contributed by atoms with van der Waals surface area (Å²) in [6.45, 7) is 0. The Morgan fingerprint density at radius 1 is 1.53 bits per heavy atom. The molecule has 4 N–H and O–H groups in total. The second-order valence-corrected chi connectivity index (χ2v) is 4.01. The fraction of sp³-hybridized carbons (Fsp3) is 0.300. The van der Waals surface area contributed by atoms with Crippen LogP contribution < -0.4 is 5.73 Å². The van der Waals surface area contributed by atoms with E-state index in [1.54, 1.807) is 12.1 Å². The number of carbonyl (C=O) groups is 1. The van der Waals surface area contributed by atoms with Crippen molar-refractivity contribution < 1.29 is 15.0 Å². The number of nitrogens with two attached hydrogens (primary N) is 1. The number of carboxylic acid groups (broad SMARTS) is 1. The fourth-order valence-electron chi connectivity index (χ4n) is 1.26. The van der Waals surface area contributed by atoms with Crippen molar-refractivity contribution in [2.24, 2.45) is 5.73 Å². The molecule has 0 radical (unpaired) electrons. The molecule has 4 nitrogen and oxygen atoms in total. The highest BCUT2D eigenvalue weighted by Crippen LogP contribution is 2.31. The fourth-order valence-corrected chi connectivity index (χ4v) is 1.82. The highest BCUT2D eigenvalue weighted by Gasteiger charge is 2.13. The van der Waals surface area contributed by atoms with Crippen LogP contribution in [0.1, 0.15) is 24.4 Å². The average molecular weight is 274 g/mol. The minimum atomic E-state index is -0.873. The number of carboxylic acids is 1. The number of halogens is 1. The zero-order valence-corrected chi connectivity index (χ0v) is 9.57. The molecule has 82 valence electrons. The van der Waals surface area contributed by atoms with Crippen molar-refractivity contribution in [2.45, 2.75) is 18.9 Å². The van der Waals surface area contributed by atoms with E-state index in [4.69, 9.17) is 10.8 Å². The van der Waals surface area contributed by atoms with E-state index in [0.29, 0.717) is 10.9 Å². The van der Waals surface area contributed by atoms with Gasteiger partial charge in [0.25, 0.3) is 0 Å². The Bertz CT molecular complexity index is 368. The number of rotatable bonds is 4. The number of hydrogen-bond donors (Lipinski definition) is 3. The lowest BCUT2D eigenvalue weighted by atomic mass is 10.0. The maximum atomic E-state index is 10.4. The molecule has 0 amide bonds. The number of aromatic hydroxyl groups is 1. The first-order valence-corrected chi connectivity index (χ1v) is 5.26. The number of benzene rings is 1. The Morgan fingerprint density at radius 2 is 2.20 bits per heavy atom. The van der Waals surface area contributed by atoms with E-state index in [2.05, 4.69) is 15.9 Å². The van der Waals surface area contributed by atoms with Gasteiger partial charge in [0.1, 0.15) is 5.75 Å². The van der Waals surface area contributed by atoms with E-state index in [1.807, 2.05) is 0 Å². The molecule has 15 heavy (non-hydrogen) atoms. The third-order valence-corrected chi connectivity index (χ3v) is 2.94. The summed E-state index contributed by atoms with van der Waals surface area (Å²) in [4.78, 5) is 10.4. The largest absolute Gasteiger partial charge is 0.507 e. The summed E-state index contributed by atoms with van der Waals surface area (Å²) in [6.07, 6.45) is 0.362. The number of phenols is 1. The van der Waals surface area contributed by atoms with Gasteiger partial charge in [0.15, 0.2) is 0 Å². The summed E-state index contributed by atoms with van der Waals surface area (Å²) in [6, 6.07) is 4.59. The Balaban J connectivity index is 2.77. The summed E-state index contributed by atoms with van der Waals surface area (Å²) in [5, 5.41) is 17.9. The SMILES string of the molecule is NC(CCC(=O)O)c1cccc(O)c1Br. The smallest absolute Gasteiger partial charge is 0.303 e. The monoisotopic (exact) mass is 273 g/mol. The van der Waals surface area contributed by atoms with Gasteiger partial charge in [-0.25, -0.2) is 0 Å². The predicted molar refractivity (Wildman–Crippen MR) is 59.6 cm³/mol. The minimum absolute atomic E-state index is 0.0171. The first-order valence-electron chi connectivity index (χ1n) is 4.47. The van der Waals surface area contributed by atoms with E-state index in [1.165, 1.54) is 6.07 Å². The molecule has 5 heteroatoms. The van der Waals surface area contributed by atoms with E-state index in [0.717, 1.165) is 5.56 Å². The van der Waals surface area contributed by atoms with Crippen LogP contribution in [0.5, 0.6) is 5.75 Å². The van der Waals surface area contributed by atoms with Gasteiger partial charge >= 0.3 is 5.97 Å². The van der Waals surface area contributed by atoms with Gasteiger partial charge in [0.05, 0.1) is 4.47 Å². The zero-order chi connectivity index (χ0) is 11.4. The number of aliphatic carboxylic acids is 1. The van der Waals surface area contributed by atoms with Gasteiger partial charge in [-0.05, 0) is 34.0 Å². The highest BCUT2D eigenvalue weighted by molar-refractivity contribution is 9.10. The molecule has 0 aliphatic carbocycles. The van der Waals surface area contributed by atoms with Gasteiger partial charge in [0.2, 0.25) is 0 Å². The minimum Gasteiger partial charge on any atom is -0.507 e. The van der Waals surface area contributed by atoms with Gasteiger partial charge < -0.3 is 15.9 Å². The van der Waals surface area contributed by atoms with Crippen LogP contribution in [0.2, 0.25) is 0 Å². The van der Waals surface area contributed by atoms with Crippen molar-refractivity contribution in [3.8, 4) is 5.75 Å². The Labute approximate surface area is 95.8 Å². The lowest BCUT2D eigenvalue weighted by Gasteiger charge is -2.13. The molecular weight excluding hydrogens is 262 g/mol. The average Bonchev–Trinajstić information content (AvgIpc) is 2.18. The van der Waals surface area contributed by atoms with Crippen molar-refractivity contribution in [1.29, 1.82) is 0 Å². The zero-order valence-electron chi connectivity index (χ0n) is 7.98. The van der Waals surface area contributed by atoms with Crippen molar-refractivity contribution in [1.82, 2.24) is 0 Å². The third-order valence-electron chi connectivity index (χ3n) is 2.08. The summed E-state index contributed by atoms with van der Waals surface area (Å²) in [5.74, 6) is -0.764. The summed E-state index contributed by atoms with van der Waals surface area (Å²) in [5.41, 5.74) is 6.53. The summed E-state index contributed by atoms with van der Waals surface area (Å²) >= 11 is 3.21. The predicted octanol–water partition coefficient (Wildman–Crippen LogP) is 2.02. The lowest BCUT2D eigenvalue weighted by Crippen LogP contribution is -2.12. The molecule has 0 aromatic heterocycles. The van der Waals surface area contributed by atoms with Gasteiger partial charge in [-0.1, -0.05) is 12.1 Å². The molecule has 1 aromatic rings. The first-order chi connectivity index (χ1) is 7.02. The molecule has 0 fully saturated rings. The van der Waals surface area contributed by atoms with Crippen LogP contribution >= 0.6 is 15.9 Å². The molecule has 1 aromatic carbocycles. The van der Waals surface area contributed by atoms with E-state index in [9.17, 15) is 9.90 Å². The maximum Gasteiger partial charge on any atom is 0.303 e. The highest BCUT2D eigenvalue weighted by atomic mass is 79.9. The quantitative estimate of drug-likeness (QED) is 0.784. The first kappa shape index (κ1) is 12.0. The van der Waals surface area contributed by atoms with Crippen molar-refractivity contribution in [3.05, 3.63) is 28.2 Å². The molecule has 0 heterocycles. The molecule has 0 aliphatic heterocycles. The van der Waals surface area contributed by atoms with Gasteiger partial charge in [0, 0.05) is 12.5 Å². The van der Waals surface area contributed by atoms with E-state index in [-0.39, 0.29) is 18.2 Å². The molecule has 0 saturated carbocycles. The number of phenolic OH excluding ortho intramolecular Hbond substituents is 1. The van der Waals surface area contributed by atoms with Crippen LogP contribution in [0.15, 0.2) is 22.7 Å². The van der Waals surface area contributed by atoms with Gasteiger partial charge in [-0.3, -0.25) is 4.79 Å². The molecule has 1 unspecified atom stereocenters. The Kier molecular flexibility index (Phi) is 4.11. The van der Waals surface area contributed by atoms with Crippen LogP contribution in [0.4, 0.5) is 0 Å². The molecular formula is C10H12BrNO3. The maximum absolute atomic E-state index is 10.4. The van der Waals surface area contributed by atoms with E-state index < -0.39 is 5.97 Å². The molecule has 1 atom stereocenters. The topological polar surface area (TPSA) is 83.6 Å². The number of hydrogen-bond acceptors (Lipinski definition) is 3. The van der Waals surface area contributed by atoms with Crippen LogP contribution in [0, 0.1) is 0 Å². The third kappa shape index (κ3) is 3.21. The second-order valence-electron chi connectivity index (χ2n) is 3.22. The lowest BCUT2D eigenvalue weighted by molar-refractivity contribution is -0.137. The Morgan fingerprint density at radius 3 is 2.80 bits per heavy atom. The van der Waals surface area contributed by atoms with Crippen LogP contribution in [-0.2, 0) is 4.79 Å². The molecule has 0 spiro atoms. The normalized spacial score (nSPS) is 12.4. The molecule has 0 saturated heterocycles. The summed E-state index contributed by atoms with van der Waals surface area (Å²) in [7, 11) is 0. The molecule has 0 bridgehead atoms. The van der Waals surface area contributed by atoms with Crippen molar-refractivity contribution >= 4 is 21.9 Å². The van der Waals surface area contributed by atoms with Crippen LogP contribution in [0.3, 0.4) is 0 Å². The molecule has 0 aliphatic rings. The molecule has 1 rings (SSSR count). The van der Waals surface area contributed by atoms with Gasteiger partial charge in [-0.15, -0.1) is 0 Å². The van der Waals surface area contributed by atoms with Crippen molar-refractivity contribution in [2.75, 3.05) is 0 Å². The van der Waals surface area contributed by atoms with Crippen molar-refractivity contribution in [3.63, 3.8) is 0 Å². The van der Waals surface area contributed by atoms with Crippen LogP contribution in [0.25, 0.3) is 0 Å². The van der Waals surface area contributed by atoms with Gasteiger partial charge in [-0.2, -0.15) is 0 Å².